The summed E-state index contributed by atoms with van der Waals surface area (Å²) >= 11 is 1.52. The number of hydrogen-bond donors (Lipinski definition) is 1. The summed E-state index contributed by atoms with van der Waals surface area (Å²) in [4.78, 5) is 8.29. The van der Waals surface area contributed by atoms with Gasteiger partial charge < -0.3 is 5.11 Å². The zero-order valence-corrected chi connectivity index (χ0v) is 12.3. The molecule has 1 aliphatic heterocycles. The van der Waals surface area contributed by atoms with Crippen LogP contribution in [-0.4, -0.2) is 37.7 Å². The van der Waals surface area contributed by atoms with E-state index in [2.05, 4.69) is 27.1 Å². The second-order valence-corrected chi connectivity index (χ2v) is 6.31. The molecular weight excluding hydrogens is 284 g/mol. The third-order valence-corrected chi connectivity index (χ3v) is 5.09. The molecule has 1 saturated heterocycles. The smallest absolute Gasteiger partial charge is 0.230 e. The van der Waals surface area contributed by atoms with Crippen molar-refractivity contribution < 1.29 is 5.11 Å². The number of thiazole rings is 1. The number of fused-ring (bicyclic) bond motifs is 1. The molecule has 1 N–H and O–H groups in total. The summed E-state index contributed by atoms with van der Waals surface area (Å²) in [5.74, 6) is 0.216. The van der Waals surface area contributed by atoms with E-state index in [4.69, 9.17) is 0 Å². The van der Waals surface area contributed by atoms with Gasteiger partial charge >= 0.3 is 0 Å². The molecule has 0 aliphatic carbocycles. The van der Waals surface area contributed by atoms with Crippen molar-refractivity contribution in [3.8, 4) is 5.88 Å². The molecular formula is C15H16N4OS. The van der Waals surface area contributed by atoms with E-state index in [1.165, 1.54) is 40.6 Å². The number of rotatable bonds is 3. The van der Waals surface area contributed by atoms with Gasteiger partial charge in [-0.05, 0) is 31.5 Å². The topological polar surface area (TPSA) is 53.7 Å². The first-order chi connectivity index (χ1) is 10.3. The van der Waals surface area contributed by atoms with E-state index in [1.807, 2.05) is 18.2 Å². The summed E-state index contributed by atoms with van der Waals surface area (Å²) < 4.78 is 1.52. The first-order valence-corrected chi connectivity index (χ1v) is 7.96. The minimum Gasteiger partial charge on any atom is -0.492 e. The van der Waals surface area contributed by atoms with Gasteiger partial charge in [0.15, 0.2) is 0 Å². The molecule has 3 heterocycles. The van der Waals surface area contributed by atoms with Gasteiger partial charge in [-0.2, -0.15) is 9.61 Å². The molecule has 0 saturated carbocycles. The van der Waals surface area contributed by atoms with Gasteiger partial charge in [-0.25, -0.2) is 4.98 Å². The summed E-state index contributed by atoms with van der Waals surface area (Å²) in [5, 5.41) is 14.6. The number of benzene rings is 1. The maximum absolute atomic E-state index is 10.5. The van der Waals surface area contributed by atoms with E-state index in [0.29, 0.717) is 0 Å². The van der Waals surface area contributed by atoms with E-state index in [0.717, 1.165) is 22.9 Å². The van der Waals surface area contributed by atoms with Crippen molar-refractivity contribution in [1.82, 2.24) is 19.5 Å². The maximum atomic E-state index is 10.5. The summed E-state index contributed by atoms with van der Waals surface area (Å²) in [6.07, 6.45) is 3.90. The lowest BCUT2D eigenvalue weighted by Crippen LogP contribution is -2.26. The van der Waals surface area contributed by atoms with Crippen LogP contribution in [0.2, 0.25) is 0 Å². The fourth-order valence-corrected chi connectivity index (χ4v) is 4.13. The van der Waals surface area contributed by atoms with Crippen molar-refractivity contribution in [2.45, 2.75) is 18.9 Å². The molecule has 0 spiro atoms. The van der Waals surface area contributed by atoms with E-state index >= 15 is 0 Å². The van der Waals surface area contributed by atoms with Crippen LogP contribution in [0.5, 0.6) is 5.88 Å². The van der Waals surface area contributed by atoms with Gasteiger partial charge in [0.05, 0.1) is 10.9 Å². The maximum Gasteiger partial charge on any atom is 0.230 e. The Labute approximate surface area is 126 Å². The third kappa shape index (κ3) is 2.11. The molecule has 1 fully saturated rings. The Kier molecular flexibility index (Phi) is 3.12. The van der Waals surface area contributed by atoms with E-state index in [9.17, 15) is 5.11 Å². The highest BCUT2D eigenvalue weighted by atomic mass is 32.1. The van der Waals surface area contributed by atoms with Crippen molar-refractivity contribution in [1.29, 1.82) is 0 Å². The summed E-state index contributed by atoms with van der Waals surface area (Å²) in [6.45, 7) is 2.12. The van der Waals surface area contributed by atoms with Crippen LogP contribution in [0.4, 0.5) is 0 Å². The van der Waals surface area contributed by atoms with Crippen LogP contribution in [0.25, 0.3) is 4.96 Å². The lowest BCUT2D eigenvalue weighted by Gasteiger charge is -2.26. The Balaban J connectivity index is 1.85. The highest BCUT2D eigenvalue weighted by molar-refractivity contribution is 7.17. The second kappa shape index (κ2) is 5.13. The first-order valence-electron chi connectivity index (χ1n) is 7.15. The van der Waals surface area contributed by atoms with Gasteiger partial charge in [0.2, 0.25) is 10.8 Å². The molecule has 1 atom stereocenters. The third-order valence-electron chi connectivity index (χ3n) is 4.01. The number of hydrogen-bond acceptors (Lipinski definition) is 5. The lowest BCUT2D eigenvalue weighted by molar-refractivity contribution is 0.277. The molecule has 2 aromatic heterocycles. The molecule has 6 heteroatoms. The zero-order valence-electron chi connectivity index (χ0n) is 11.5. The SMILES string of the molecule is Oc1c([C@@H](c2ccccc2)N2CCCC2)sc2ncnn12. The van der Waals surface area contributed by atoms with Gasteiger partial charge in [-0.15, -0.1) is 0 Å². The van der Waals surface area contributed by atoms with Gasteiger partial charge in [0, 0.05) is 0 Å². The van der Waals surface area contributed by atoms with Crippen LogP contribution in [0, 0.1) is 0 Å². The Morgan fingerprint density at radius 2 is 1.90 bits per heavy atom. The molecule has 0 amide bonds. The largest absolute Gasteiger partial charge is 0.492 e. The average molecular weight is 300 g/mol. The zero-order chi connectivity index (χ0) is 14.2. The summed E-state index contributed by atoms with van der Waals surface area (Å²) in [7, 11) is 0. The van der Waals surface area contributed by atoms with Crippen LogP contribution in [0.1, 0.15) is 29.3 Å². The molecule has 1 aromatic carbocycles. The van der Waals surface area contributed by atoms with Crippen molar-refractivity contribution >= 4 is 16.3 Å². The van der Waals surface area contributed by atoms with Crippen LogP contribution in [0.3, 0.4) is 0 Å². The van der Waals surface area contributed by atoms with E-state index in [-0.39, 0.29) is 11.9 Å². The fraction of sp³-hybridized carbons (Fsp3) is 0.333. The molecule has 0 unspecified atom stereocenters. The molecule has 0 radical (unpaired) electrons. The van der Waals surface area contributed by atoms with Crippen LogP contribution >= 0.6 is 11.3 Å². The van der Waals surface area contributed by atoms with Gasteiger partial charge in [-0.1, -0.05) is 41.7 Å². The fourth-order valence-electron chi connectivity index (χ4n) is 3.04. The molecule has 3 aromatic rings. The number of aromatic nitrogens is 3. The lowest BCUT2D eigenvalue weighted by atomic mass is 10.0. The standard InChI is InChI=1S/C15H16N4OS/c20-14-13(21-15-16-10-17-19(14)15)12(18-8-4-5-9-18)11-6-2-1-3-7-11/h1-3,6-7,10,12,20H,4-5,8-9H2/t12-/m1/s1. The van der Waals surface area contributed by atoms with Crippen LogP contribution < -0.4 is 0 Å². The minimum absolute atomic E-state index is 0.0854. The Hall–Kier alpha value is -1.92. The highest BCUT2D eigenvalue weighted by Gasteiger charge is 2.30. The molecule has 1 aliphatic rings. The average Bonchev–Trinajstić information content (AvgIpc) is 3.22. The minimum atomic E-state index is 0.0854. The number of likely N-dealkylation sites (tertiary alicyclic amines) is 1. The van der Waals surface area contributed by atoms with Gasteiger partial charge in [-0.3, -0.25) is 4.90 Å². The van der Waals surface area contributed by atoms with Crippen molar-refractivity contribution in [3.05, 3.63) is 47.1 Å². The van der Waals surface area contributed by atoms with Gasteiger partial charge in [0.1, 0.15) is 6.33 Å². The van der Waals surface area contributed by atoms with Gasteiger partial charge in [0.25, 0.3) is 0 Å². The molecule has 21 heavy (non-hydrogen) atoms. The van der Waals surface area contributed by atoms with Crippen molar-refractivity contribution in [3.63, 3.8) is 0 Å². The predicted molar refractivity (Wildman–Crippen MR) is 81.6 cm³/mol. The summed E-state index contributed by atoms with van der Waals surface area (Å²) in [6, 6.07) is 10.4. The number of aromatic hydroxyl groups is 1. The van der Waals surface area contributed by atoms with E-state index < -0.39 is 0 Å². The monoisotopic (exact) mass is 300 g/mol. The Morgan fingerprint density at radius 3 is 2.62 bits per heavy atom. The number of nitrogens with zero attached hydrogens (tertiary/aromatic N) is 4. The quantitative estimate of drug-likeness (QED) is 0.808. The normalized spacial score (nSPS) is 17.5. The van der Waals surface area contributed by atoms with Crippen LogP contribution in [0.15, 0.2) is 36.7 Å². The Bertz CT molecular complexity index is 745. The van der Waals surface area contributed by atoms with Crippen molar-refractivity contribution in [2.24, 2.45) is 0 Å². The second-order valence-electron chi connectivity index (χ2n) is 5.30. The molecule has 4 rings (SSSR count). The van der Waals surface area contributed by atoms with Crippen molar-refractivity contribution in [2.75, 3.05) is 13.1 Å². The molecule has 108 valence electrons. The molecule has 5 nitrogen and oxygen atoms in total. The first kappa shape index (κ1) is 12.8. The van der Waals surface area contributed by atoms with Crippen LogP contribution in [-0.2, 0) is 0 Å². The highest BCUT2D eigenvalue weighted by Crippen LogP contribution is 2.40. The summed E-state index contributed by atoms with van der Waals surface area (Å²) in [5.41, 5.74) is 1.21. The Morgan fingerprint density at radius 1 is 1.14 bits per heavy atom. The predicted octanol–water partition coefficient (Wildman–Crippen LogP) is 2.68. The molecule has 0 bridgehead atoms. The van der Waals surface area contributed by atoms with E-state index in [1.54, 1.807) is 0 Å².